The molecule has 0 saturated carbocycles. The van der Waals surface area contributed by atoms with E-state index in [9.17, 15) is 14.4 Å². The Bertz CT molecular complexity index is 775. The van der Waals surface area contributed by atoms with E-state index in [2.05, 4.69) is 10.6 Å². The van der Waals surface area contributed by atoms with Gasteiger partial charge in [0.2, 0.25) is 11.8 Å². The summed E-state index contributed by atoms with van der Waals surface area (Å²) in [6.07, 6.45) is 1.63. The maximum absolute atomic E-state index is 12.2. The fraction of sp³-hybridized carbons (Fsp3) is 0.350. The van der Waals surface area contributed by atoms with Gasteiger partial charge in [-0.1, -0.05) is 25.1 Å². The van der Waals surface area contributed by atoms with Crippen molar-refractivity contribution in [2.75, 3.05) is 25.5 Å². The molecule has 1 aromatic heterocycles. The lowest BCUT2D eigenvalue weighted by molar-refractivity contribution is -0.133. The van der Waals surface area contributed by atoms with Crippen LogP contribution in [0.15, 0.2) is 41.1 Å². The van der Waals surface area contributed by atoms with E-state index in [1.807, 2.05) is 36.6 Å². The van der Waals surface area contributed by atoms with Crippen LogP contribution >= 0.6 is 11.3 Å². The van der Waals surface area contributed by atoms with Gasteiger partial charge in [0.25, 0.3) is 5.91 Å². The van der Waals surface area contributed by atoms with Crippen LogP contribution in [0, 0.1) is 0 Å². The molecule has 2 aromatic rings. The molecular formula is C20H25N3O3S. The van der Waals surface area contributed by atoms with Gasteiger partial charge in [0.1, 0.15) is 0 Å². The maximum Gasteiger partial charge on any atom is 0.252 e. The Morgan fingerprint density at radius 1 is 1.15 bits per heavy atom. The first-order valence-electron chi connectivity index (χ1n) is 8.93. The molecule has 3 amide bonds. The van der Waals surface area contributed by atoms with Crippen LogP contribution in [0.5, 0.6) is 0 Å². The molecule has 1 heterocycles. The maximum atomic E-state index is 12.2. The summed E-state index contributed by atoms with van der Waals surface area (Å²) in [7, 11) is 1.61. The van der Waals surface area contributed by atoms with E-state index in [-0.39, 0.29) is 30.7 Å². The largest absolute Gasteiger partial charge is 0.352 e. The highest BCUT2D eigenvalue weighted by atomic mass is 32.1. The van der Waals surface area contributed by atoms with E-state index in [1.54, 1.807) is 18.5 Å². The molecule has 0 bridgehead atoms. The van der Waals surface area contributed by atoms with Gasteiger partial charge < -0.3 is 15.5 Å². The summed E-state index contributed by atoms with van der Waals surface area (Å²) in [6.45, 7) is 2.44. The summed E-state index contributed by atoms with van der Waals surface area (Å²) in [5, 5.41) is 9.27. The lowest BCUT2D eigenvalue weighted by Crippen LogP contribution is -2.35. The fourth-order valence-corrected chi connectivity index (χ4v) is 3.21. The number of amides is 3. The number of carbonyl (C=O) groups is 3. The lowest BCUT2D eigenvalue weighted by atomic mass is 10.1. The number of anilines is 1. The highest BCUT2D eigenvalue weighted by molar-refractivity contribution is 7.08. The van der Waals surface area contributed by atoms with Crippen molar-refractivity contribution >= 4 is 34.7 Å². The van der Waals surface area contributed by atoms with Gasteiger partial charge in [-0.3, -0.25) is 14.4 Å². The highest BCUT2D eigenvalue weighted by Gasteiger charge is 2.14. The molecule has 0 aliphatic heterocycles. The zero-order valence-corrected chi connectivity index (χ0v) is 16.5. The van der Waals surface area contributed by atoms with Crippen molar-refractivity contribution in [1.82, 2.24) is 10.2 Å². The Labute approximate surface area is 163 Å². The van der Waals surface area contributed by atoms with Gasteiger partial charge in [-0.25, -0.2) is 0 Å². The quantitative estimate of drug-likeness (QED) is 0.650. The summed E-state index contributed by atoms with van der Waals surface area (Å²) in [4.78, 5) is 37.6. The third-order valence-corrected chi connectivity index (χ3v) is 4.80. The van der Waals surface area contributed by atoms with Gasteiger partial charge in [-0.2, -0.15) is 11.3 Å². The minimum atomic E-state index is -0.225. The van der Waals surface area contributed by atoms with E-state index < -0.39 is 0 Å². The third kappa shape index (κ3) is 6.53. The van der Waals surface area contributed by atoms with E-state index in [0.717, 1.165) is 17.7 Å². The third-order valence-electron chi connectivity index (χ3n) is 4.12. The molecule has 2 rings (SSSR count). The van der Waals surface area contributed by atoms with Crippen LogP contribution in [0.25, 0.3) is 0 Å². The number of likely N-dealkylation sites (N-methyl/N-ethyl adjacent to an activating group) is 1. The van der Waals surface area contributed by atoms with E-state index in [0.29, 0.717) is 18.5 Å². The first-order chi connectivity index (χ1) is 13.0. The van der Waals surface area contributed by atoms with Crippen LogP contribution in [0.2, 0.25) is 0 Å². The topological polar surface area (TPSA) is 78.5 Å². The van der Waals surface area contributed by atoms with Gasteiger partial charge in [0.15, 0.2) is 0 Å². The molecular weight excluding hydrogens is 362 g/mol. The van der Waals surface area contributed by atoms with Gasteiger partial charge in [0.05, 0.1) is 6.54 Å². The molecule has 0 radical (unpaired) electrons. The minimum absolute atomic E-state index is 0.00184. The van der Waals surface area contributed by atoms with Gasteiger partial charge in [-0.05, 0) is 35.9 Å². The zero-order chi connectivity index (χ0) is 19.6. The predicted molar refractivity (Wildman–Crippen MR) is 108 cm³/mol. The molecule has 27 heavy (non-hydrogen) atoms. The van der Waals surface area contributed by atoms with E-state index in [4.69, 9.17) is 0 Å². The van der Waals surface area contributed by atoms with Crippen molar-refractivity contribution in [3.63, 3.8) is 0 Å². The Hall–Kier alpha value is -2.67. The fourth-order valence-electron chi connectivity index (χ4n) is 2.57. The summed E-state index contributed by atoms with van der Waals surface area (Å²) < 4.78 is 0. The van der Waals surface area contributed by atoms with E-state index >= 15 is 0 Å². The average Bonchev–Trinajstić information content (AvgIpc) is 3.20. The van der Waals surface area contributed by atoms with Crippen LogP contribution in [0.1, 0.15) is 35.7 Å². The number of hydrogen-bond acceptors (Lipinski definition) is 4. The number of thiophene rings is 1. The second-order valence-corrected chi connectivity index (χ2v) is 6.96. The lowest BCUT2D eigenvalue weighted by Gasteiger charge is -2.17. The minimum Gasteiger partial charge on any atom is -0.352 e. The van der Waals surface area contributed by atoms with E-state index in [1.165, 1.54) is 16.2 Å². The Balaban J connectivity index is 1.70. The SMILES string of the molecule is CCc1ccccc1NC(=O)CN(C)C(=O)CCCNC(=O)c1ccsc1. The van der Waals surface area contributed by atoms with Crippen LogP contribution in [0.3, 0.4) is 0 Å². The van der Waals surface area contributed by atoms with Crippen molar-refractivity contribution in [2.45, 2.75) is 26.2 Å². The van der Waals surface area contributed by atoms with Crippen molar-refractivity contribution in [2.24, 2.45) is 0 Å². The molecule has 0 atom stereocenters. The van der Waals surface area contributed by atoms with Crippen molar-refractivity contribution in [3.05, 3.63) is 52.2 Å². The summed E-state index contributed by atoms with van der Waals surface area (Å²) in [6, 6.07) is 9.38. The number of carbonyl (C=O) groups excluding carboxylic acids is 3. The Kier molecular flexibility index (Phi) is 8.00. The number of hydrogen-bond donors (Lipinski definition) is 2. The Morgan fingerprint density at radius 2 is 1.93 bits per heavy atom. The zero-order valence-electron chi connectivity index (χ0n) is 15.7. The molecule has 2 N–H and O–H groups in total. The number of para-hydroxylation sites is 1. The molecule has 1 aromatic carbocycles. The molecule has 0 spiro atoms. The first-order valence-corrected chi connectivity index (χ1v) is 9.87. The summed E-state index contributed by atoms with van der Waals surface area (Å²) >= 11 is 1.46. The van der Waals surface area contributed by atoms with Gasteiger partial charge in [-0.15, -0.1) is 0 Å². The monoisotopic (exact) mass is 387 g/mol. The van der Waals surface area contributed by atoms with Gasteiger partial charge in [0, 0.05) is 36.6 Å². The van der Waals surface area contributed by atoms with Crippen molar-refractivity contribution in [3.8, 4) is 0 Å². The smallest absolute Gasteiger partial charge is 0.252 e. The number of nitrogens with one attached hydrogen (secondary N) is 2. The molecule has 7 heteroatoms. The van der Waals surface area contributed by atoms with Crippen LogP contribution in [0.4, 0.5) is 5.69 Å². The second kappa shape index (κ2) is 10.5. The Morgan fingerprint density at radius 3 is 2.63 bits per heavy atom. The molecule has 0 saturated heterocycles. The molecule has 0 aliphatic rings. The van der Waals surface area contributed by atoms with Crippen molar-refractivity contribution < 1.29 is 14.4 Å². The molecule has 6 nitrogen and oxygen atoms in total. The predicted octanol–water partition coefficient (Wildman–Crippen LogP) is 2.92. The number of benzene rings is 1. The second-order valence-electron chi connectivity index (χ2n) is 6.18. The standard InChI is InChI=1S/C20H25N3O3S/c1-3-15-7-4-5-8-17(15)22-18(24)13-23(2)19(25)9-6-11-21-20(26)16-10-12-27-14-16/h4-5,7-8,10,12,14H,3,6,9,11,13H2,1-2H3,(H,21,26)(H,22,24). The summed E-state index contributed by atoms with van der Waals surface area (Å²) in [5.74, 6) is -0.484. The highest BCUT2D eigenvalue weighted by Crippen LogP contribution is 2.15. The number of rotatable bonds is 9. The normalized spacial score (nSPS) is 10.3. The summed E-state index contributed by atoms with van der Waals surface area (Å²) in [5.41, 5.74) is 2.47. The molecule has 0 fully saturated rings. The number of nitrogens with zero attached hydrogens (tertiary/aromatic N) is 1. The molecule has 0 unspecified atom stereocenters. The van der Waals surface area contributed by atoms with Crippen molar-refractivity contribution in [1.29, 1.82) is 0 Å². The number of aryl methyl sites for hydroxylation is 1. The first kappa shape index (κ1) is 20.6. The van der Waals surface area contributed by atoms with Crippen LogP contribution in [-0.4, -0.2) is 42.8 Å². The molecule has 144 valence electrons. The van der Waals surface area contributed by atoms with Crippen LogP contribution in [-0.2, 0) is 16.0 Å². The molecule has 0 aliphatic carbocycles. The average molecular weight is 388 g/mol. The van der Waals surface area contributed by atoms with Gasteiger partial charge >= 0.3 is 0 Å². The van der Waals surface area contributed by atoms with Crippen LogP contribution < -0.4 is 10.6 Å².